The molecular formula is C15H24N2O2S. The first-order valence-electron chi connectivity index (χ1n) is 6.75. The number of thioether (sulfide) groups is 1. The highest BCUT2D eigenvalue weighted by atomic mass is 32.2. The van der Waals surface area contributed by atoms with E-state index in [0.29, 0.717) is 11.4 Å². The molecule has 0 radical (unpaired) electrons. The summed E-state index contributed by atoms with van der Waals surface area (Å²) in [5, 5.41) is 2.86. The largest absolute Gasteiger partial charge is 0.397 e. The summed E-state index contributed by atoms with van der Waals surface area (Å²) >= 11 is 1.76. The number of benzene rings is 1. The SMILES string of the molecule is CCCSc1ccc(N)c(NC(=O)CC(C)(C)OC)c1. The minimum Gasteiger partial charge on any atom is -0.397 e. The van der Waals surface area contributed by atoms with Crippen molar-refractivity contribution in [2.24, 2.45) is 0 Å². The van der Waals surface area contributed by atoms with Crippen LogP contribution in [0, 0.1) is 0 Å². The Labute approximate surface area is 125 Å². The predicted octanol–water partition coefficient (Wildman–Crippen LogP) is 3.52. The first kappa shape index (κ1) is 16.9. The smallest absolute Gasteiger partial charge is 0.227 e. The second kappa shape index (κ2) is 7.55. The van der Waals surface area contributed by atoms with Crippen molar-refractivity contribution in [1.29, 1.82) is 0 Å². The molecule has 4 nitrogen and oxygen atoms in total. The molecule has 1 amide bonds. The van der Waals surface area contributed by atoms with Gasteiger partial charge in [0.05, 0.1) is 23.4 Å². The lowest BCUT2D eigenvalue weighted by Crippen LogP contribution is -2.29. The van der Waals surface area contributed by atoms with Gasteiger partial charge in [-0.2, -0.15) is 0 Å². The zero-order valence-corrected chi connectivity index (χ0v) is 13.5. The van der Waals surface area contributed by atoms with E-state index in [4.69, 9.17) is 10.5 Å². The van der Waals surface area contributed by atoms with Crippen LogP contribution < -0.4 is 11.1 Å². The summed E-state index contributed by atoms with van der Waals surface area (Å²) < 4.78 is 5.26. The van der Waals surface area contributed by atoms with Crippen LogP contribution in [0.1, 0.15) is 33.6 Å². The van der Waals surface area contributed by atoms with Gasteiger partial charge < -0.3 is 15.8 Å². The molecule has 5 heteroatoms. The van der Waals surface area contributed by atoms with E-state index in [9.17, 15) is 4.79 Å². The van der Waals surface area contributed by atoms with Crippen molar-refractivity contribution in [2.75, 3.05) is 23.9 Å². The third kappa shape index (κ3) is 5.43. The van der Waals surface area contributed by atoms with Gasteiger partial charge in [-0.3, -0.25) is 4.79 Å². The van der Waals surface area contributed by atoms with Crippen LogP contribution >= 0.6 is 11.8 Å². The Morgan fingerprint density at radius 2 is 2.15 bits per heavy atom. The van der Waals surface area contributed by atoms with E-state index in [1.807, 2.05) is 32.0 Å². The van der Waals surface area contributed by atoms with Gasteiger partial charge in [0.2, 0.25) is 5.91 Å². The van der Waals surface area contributed by atoms with Crippen molar-refractivity contribution < 1.29 is 9.53 Å². The zero-order valence-electron chi connectivity index (χ0n) is 12.7. The molecule has 0 heterocycles. The summed E-state index contributed by atoms with van der Waals surface area (Å²) in [6.07, 6.45) is 1.40. The summed E-state index contributed by atoms with van der Waals surface area (Å²) in [6.45, 7) is 5.90. The highest BCUT2D eigenvalue weighted by Crippen LogP contribution is 2.27. The van der Waals surface area contributed by atoms with Crippen LogP contribution in [0.2, 0.25) is 0 Å². The third-order valence-corrected chi connectivity index (χ3v) is 4.11. The van der Waals surface area contributed by atoms with Gasteiger partial charge in [0.1, 0.15) is 0 Å². The van der Waals surface area contributed by atoms with Gasteiger partial charge in [-0.15, -0.1) is 11.8 Å². The second-order valence-corrected chi connectivity index (χ2v) is 6.45. The minimum absolute atomic E-state index is 0.0961. The highest BCUT2D eigenvalue weighted by Gasteiger charge is 2.21. The fraction of sp³-hybridized carbons (Fsp3) is 0.533. The lowest BCUT2D eigenvalue weighted by molar-refractivity contribution is -0.121. The van der Waals surface area contributed by atoms with Gasteiger partial charge in [-0.05, 0) is 44.2 Å². The molecule has 3 N–H and O–H groups in total. The molecule has 0 fully saturated rings. The first-order valence-corrected chi connectivity index (χ1v) is 7.74. The van der Waals surface area contributed by atoms with Crippen LogP contribution in [0.4, 0.5) is 11.4 Å². The summed E-state index contributed by atoms with van der Waals surface area (Å²) in [4.78, 5) is 13.1. The summed E-state index contributed by atoms with van der Waals surface area (Å²) in [5.41, 5.74) is 6.68. The van der Waals surface area contributed by atoms with Gasteiger partial charge in [0, 0.05) is 12.0 Å². The Bertz CT molecular complexity index is 461. The van der Waals surface area contributed by atoms with Crippen LogP contribution in [-0.2, 0) is 9.53 Å². The standard InChI is InChI=1S/C15H24N2O2S/c1-5-8-20-11-6-7-12(16)13(9-11)17-14(18)10-15(2,3)19-4/h6-7,9H,5,8,10,16H2,1-4H3,(H,17,18). The number of nitrogens with two attached hydrogens (primary N) is 1. The fourth-order valence-corrected chi connectivity index (χ4v) is 2.41. The molecule has 0 aliphatic heterocycles. The quantitative estimate of drug-likeness (QED) is 0.597. The van der Waals surface area contributed by atoms with E-state index in [-0.39, 0.29) is 12.3 Å². The zero-order chi connectivity index (χ0) is 15.2. The molecule has 0 saturated heterocycles. The normalized spacial score (nSPS) is 11.4. The number of rotatable bonds is 7. The van der Waals surface area contributed by atoms with Crippen molar-refractivity contribution in [3.8, 4) is 0 Å². The number of nitrogens with one attached hydrogen (secondary N) is 1. The molecule has 1 aromatic carbocycles. The highest BCUT2D eigenvalue weighted by molar-refractivity contribution is 7.99. The number of amides is 1. The number of methoxy groups -OCH3 is 1. The molecule has 0 bridgehead atoms. The van der Waals surface area contributed by atoms with Crippen molar-refractivity contribution in [3.05, 3.63) is 18.2 Å². The van der Waals surface area contributed by atoms with E-state index in [1.165, 1.54) is 0 Å². The predicted molar refractivity (Wildman–Crippen MR) is 86.2 cm³/mol. The number of hydrogen-bond acceptors (Lipinski definition) is 4. The molecule has 0 aliphatic rings. The van der Waals surface area contributed by atoms with Crippen molar-refractivity contribution in [1.82, 2.24) is 0 Å². The third-order valence-electron chi connectivity index (χ3n) is 2.91. The first-order chi connectivity index (χ1) is 9.38. The molecule has 112 valence electrons. The van der Waals surface area contributed by atoms with Crippen molar-refractivity contribution >= 4 is 29.0 Å². The lowest BCUT2D eigenvalue weighted by Gasteiger charge is -2.22. The fourth-order valence-electron chi connectivity index (χ4n) is 1.61. The number of hydrogen-bond donors (Lipinski definition) is 2. The molecule has 20 heavy (non-hydrogen) atoms. The van der Waals surface area contributed by atoms with Crippen LogP contribution in [-0.4, -0.2) is 24.4 Å². The Balaban J connectivity index is 2.73. The molecular weight excluding hydrogens is 272 g/mol. The van der Waals surface area contributed by atoms with E-state index in [0.717, 1.165) is 17.1 Å². The van der Waals surface area contributed by atoms with Gasteiger partial charge >= 0.3 is 0 Å². The molecule has 1 aromatic rings. The lowest BCUT2D eigenvalue weighted by atomic mass is 10.0. The number of carbonyl (C=O) groups is 1. The maximum atomic E-state index is 12.0. The Kier molecular flexibility index (Phi) is 6.36. The average molecular weight is 296 g/mol. The van der Waals surface area contributed by atoms with E-state index < -0.39 is 5.60 Å². The molecule has 0 saturated carbocycles. The minimum atomic E-state index is -0.479. The Morgan fingerprint density at radius 3 is 2.75 bits per heavy atom. The molecule has 1 rings (SSSR count). The topological polar surface area (TPSA) is 64.3 Å². The van der Waals surface area contributed by atoms with Gasteiger partial charge in [0.15, 0.2) is 0 Å². The van der Waals surface area contributed by atoms with Gasteiger partial charge in [-0.1, -0.05) is 6.92 Å². The number of anilines is 2. The van der Waals surface area contributed by atoms with E-state index in [1.54, 1.807) is 18.9 Å². The molecule has 0 spiro atoms. The summed E-state index contributed by atoms with van der Waals surface area (Å²) in [6, 6.07) is 5.73. The van der Waals surface area contributed by atoms with Gasteiger partial charge in [-0.25, -0.2) is 0 Å². The number of carbonyl (C=O) groups excluding carboxylic acids is 1. The van der Waals surface area contributed by atoms with Crippen LogP contribution in [0.5, 0.6) is 0 Å². The van der Waals surface area contributed by atoms with Crippen LogP contribution in [0.25, 0.3) is 0 Å². The molecule has 0 unspecified atom stereocenters. The molecule has 0 atom stereocenters. The molecule has 0 aromatic heterocycles. The number of ether oxygens (including phenoxy) is 1. The Morgan fingerprint density at radius 1 is 1.45 bits per heavy atom. The van der Waals surface area contributed by atoms with E-state index in [2.05, 4.69) is 12.2 Å². The van der Waals surface area contributed by atoms with Crippen LogP contribution in [0.15, 0.2) is 23.1 Å². The maximum Gasteiger partial charge on any atom is 0.227 e. The maximum absolute atomic E-state index is 12.0. The van der Waals surface area contributed by atoms with Crippen molar-refractivity contribution in [2.45, 2.75) is 44.1 Å². The Hall–Kier alpha value is -1.20. The van der Waals surface area contributed by atoms with Crippen LogP contribution in [0.3, 0.4) is 0 Å². The van der Waals surface area contributed by atoms with Crippen molar-refractivity contribution in [3.63, 3.8) is 0 Å². The summed E-state index contributed by atoms with van der Waals surface area (Å²) in [7, 11) is 1.60. The summed E-state index contributed by atoms with van der Waals surface area (Å²) in [5.74, 6) is 0.953. The van der Waals surface area contributed by atoms with E-state index >= 15 is 0 Å². The monoisotopic (exact) mass is 296 g/mol. The second-order valence-electron chi connectivity index (χ2n) is 5.29. The number of nitrogen functional groups attached to an aromatic ring is 1. The average Bonchev–Trinajstić information content (AvgIpc) is 2.39. The van der Waals surface area contributed by atoms with Gasteiger partial charge in [0.25, 0.3) is 0 Å². The molecule has 0 aliphatic carbocycles.